The normalized spacial score (nSPS) is 13.1. The number of carbonyl (C=O) groups is 2. The molecule has 0 aromatic carbocycles. The second kappa shape index (κ2) is 7.45. The van der Waals surface area contributed by atoms with Crippen LogP contribution in [0.1, 0.15) is 26.7 Å². The number of rotatable bonds is 6. The van der Waals surface area contributed by atoms with Crippen molar-refractivity contribution in [2.24, 2.45) is 0 Å². The Bertz CT molecular complexity index is 314. The van der Waals surface area contributed by atoms with Crippen LogP contribution >= 0.6 is 0 Å². The number of carboxylic acids is 2. The van der Waals surface area contributed by atoms with Crippen molar-refractivity contribution >= 4 is 11.9 Å². The molecule has 0 atom stereocenters. The van der Waals surface area contributed by atoms with Gasteiger partial charge in [-0.25, -0.2) is 9.59 Å². The summed E-state index contributed by atoms with van der Waals surface area (Å²) in [6.45, 7) is 3.51. The number of allylic oxidation sites excluding steroid dienone is 4. The maximum Gasteiger partial charge on any atom is 0.332 e. The standard InChI is InChI=1S/C12H16O4/c1-3-5-7-9(11(13)14)10(12(15)16)8-6-4-2/h3-6H,7-8H2,1-2H3,(H,13,14)(H,15,16)/b5-3?,6-4?,10-9-. The maximum atomic E-state index is 10.9. The molecule has 2 N–H and O–H groups in total. The van der Waals surface area contributed by atoms with E-state index in [1.165, 1.54) is 0 Å². The molecule has 0 aromatic rings. The Morgan fingerprint density at radius 3 is 1.38 bits per heavy atom. The summed E-state index contributed by atoms with van der Waals surface area (Å²) in [6.07, 6.45) is 6.90. The zero-order valence-electron chi connectivity index (χ0n) is 9.43. The van der Waals surface area contributed by atoms with E-state index in [1.807, 2.05) is 0 Å². The molecule has 0 saturated heterocycles. The summed E-state index contributed by atoms with van der Waals surface area (Å²) < 4.78 is 0. The lowest BCUT2D eigenvalue weighted by Gasteiger charge is -2.04. The van der Waals surface area contributed by atoms with Crippen molar-refractivity contribution in [3.05, 3.63) is 35.5 Å². The van der Waals surface area contributed by atoms with Crippen LogP contribution in [0.3, 0.4) is 0 Å². The third-order valence-corrected chi connectivity index (χ3v) is 2.00. The molecule has 0 amide bonds. The Labute approximate surface area is 94.6 Å². The summed E-state index contributed by atoms with van der Waals surface area (Å²) in [5.41, 5.74) is -0.132. The van der Waals surface area contributed by atoms with E-state index in [0.29, 0.717) is 0 Å². The molecule has 4 heteroatoms. The van der Waals surface area contributed by atoms with E-state index in [4.69, 9.17) is 10.2 Å². The fourth-order valence-corrected chi connectivity index (χ4v) is 1.15. The van der Waals surface area contributed by atoms with E-state index in [-0.39, 0.29) is 24.0 Å². The van der Waals surface area contributed by atoms with Crippen molar-refractivity contribution in [1.29, 1.82) is 0 Å². The van der Waals surface area contributed by atoms with Gasteiger partial charge in [0.15, 0.2) is 0 Å². The highest BCUT2D eigenvalue weighted by molar-refractivity contribution is 5.99. The average molecular weight is 224 g/mol. The molecule has 0 rings (SSSR count). The molecule has 4 nitrogen and oxygen atoms in total. The van der Waals surface area contributed by atoms with Gasteiger partial charge in [0.05, 0.1) is 11.1 Å². The molecule has 0 radical (unpaired) electrons. The number of hydrogen-bond donors (Lipinski definition) is 2. The molecule has 0 fully saturated rings. The number of carboxylic acid groups (broad SMARTS) is 2. The molecule has 0 aliphatic rings. The summed E-state index contributed by atoms with van der Waals surface area (Å²) in [7, 11) is 0. The van der Waals surface area contributed by atoms with E-state index in [0.717, 1.165) is 0 Å². The minimum atomic E-state index is -1.18. The van der Waals surface area contributed by atoms with Crippen molar-refractivity contribution in [3.8, 4) is 0 Å². The summed E-state index contributed by atoms with van der Waals surface area (Å²) in [5, 5.41) is 17.9. The van der Waals surface area contributed by atoms with Crippen molar-refractivity contribution in [3.63, 3.8) is 0 Å². The van der Waals surface area contributed by atoms with Crippen LogP contribution in [0.4, 0.5) is 0 Å². The molecule has 16 heavy (non-hydrogen) atoms. The largest absolute Gasteiger partial charge is 0.478 e. The molecule has 88 valence electrons. The minimum Gasteiger partial charge on any atom is -0.478 e. The zero-order valence-corrected chi connectivity index (χ0v) is 9.43. The zero-order chi connectivity index (χ0) is 12.6. The van der Waals surface area contributed by atoms with E-state index in [9.17, 15) is 9.59 Å². The van der Waals surface area contributed by atoms with Crippen molar-refractivity contribution in [2.75, 3.05) is 0 Å². The first-order valence-corrected chi connectivity index (χ1v) is 4.95. The minimum absolute atomic E-state index is 0.0660. The first kappa shape index (κ1) is 14.2. The molecule has 0 saturated carbocycles. The number of aliphatic carboxylic acids is 2. The Balaban J connectivity index is 5.25. The Morgan fingerprint density at radius 2 is 1.19 bits per heavy atom. The highest BCUT2D eigenvalue weighted by Gasteiger charge is 2.17. The second-order valence-corrected chi connectivity index (χ2v) is 3.11. The van der Waals surface area contributed by atoms with Crippen LogP contribution in [-0.4, -0.2) is 22.2 Å². The van der Waals surface area contributed by atoms with Crippen LogP contribution in [0, 0.1) is 0 Å². The summed E-state index contributed by atoms with van der Waals surface area (Å²) in [4.78, 5) is 21.9. The van der Waals surface area contributed by atoms with Crippen LogP contribution in [0.25, 0.3) is 0 Å². The predicted molar refractivity (Wildman–Crippen MR) is 61.2 cm³/mol. The SMILES string of the molecule is CC=CC/C(C(=O)O)=C(\CC=CC)C(=O)O. The molecular formula is C12H16O4. The molecule has 0 aliphatic heterocycles. The van der Waals surface area contributed by atoms with Gasteiger partial charge in [-0.2, -0.15) is 0 Å². The molecule has 0 aromatic heterocycles. The average Bonchev–Trinajstić information content (AvgIpc) is 2.21. The topological polar surface area (TPSA) is 74.6 Å². The van der Waals surface area contributed by atoms with Crippen LogP contribution in [-0.2, 0) is 9.59 Å². The second-order valence-electron chi connectivity index (χ2n) is 3.11. The van der Waals surface area contributed by atoms with E-state index < -0.39 is 11.9 Å². The molecule has 0 aliphatic carbocycles. The quantitative estimate of drug-likeness (QED) is 0.536. The monoisotopic (exact) mass is 224 g/mol. The van der Waals surface area contributed by atoms with Gasteiger partial charge in [-0.3, -0.25) is 0 Å². The fraction of sp³-hybridized carbons (Fsp3) is 0.333. The van der Waals surface area contributed by atoms with Gasteiger partial charge >= 0.3 is 11.9 Å². The molecule has 0 bridgehead atoms. The van der Waals surface area contributed by atoms with Gasteiger partial charge in [0.1, 0.15) is 0 Å². The van der Waals surface area contributed by atoms with Crippen molar-refractivity contribution in [2.45, 2.75) is 26.7 Å². The number of hydrogen-bond acceptors (Lipinski definition) is 2. The van der Waals surface area contributed by atoms with E-state index in [2.05, 4.69) is 0 Å². The summed E-state index contributed by atoms with van der Waals surface area (Å²) in [5.74, 6) is -2.36. The van der Waals surface area contributed by atoms with Gasteiger partial charge in [0.2, 0.25) is 0 Å². The summed E-state index contributed by atoms with van der Waals surface area (Å²) in [6, 6.07) is 0. The third-order valence-electron chi connectivity index (χ3n) is 2.00. The van der Waals surface area contributed by atoms with E-state index in [1.54, 1.807) is 38.2 Å². The van der Waals surface area contributed by atoms with Gasteiger partial charge in [0, 0.05) is 0 Å². The highest BCUT2D eigenvalue weighted by atomic mass is 16.4. The Morgan fingerprint density at radius 1 is 0.875 bits per heavy atom. The van der Waals surface area contributed by atoms with Gasteiger partial charge in [0.25, 0.3) is 0 Å². The van der Waals surface area contributed by atoms with Gasteiger partial charge < -0.3 is 10.2 Å². The lowest BCUT2D eigenvalue weighted by atomic mass is 10.0. The van der Waals surface area contributed by atoms with Crippen molar-refractivity contribution < 1.29 is 19.8 Å². The predicted octanol–water partition coefficient (Wildman–Crippen LogP) is 2.38. The molecular weight excluding hydrogens is 208 g/mol. The molecule has 0 unspecified atom stereocenters. The lowest BCUT2D eigenvalue weighted by Crippen LogP contribution is -2.10. The maximum absolute atomic E-state index is 10.9. The smallest absolute Gasteiger partial charge is 0.332 e. The molecule has 0 spiro atoms. The van der Waals surface area contributed by atoms with Crippen LogP contribution in [0.5, 0.6) is 0 Å². The van der Waals surface area contributed by atoms with E-state index >= 15 is 0 Å². The molecule has 0 heterocycles. The van der Waals surface area contributed by atoms with Gasteiger partial charge in [-0.05, 0) is 26.7 Å². The first-order chi connectivity index (χ1) is 7.54. The third kappa shape index (κ3) is 4.59. The fourth-order valence-electron chi connectivity index (χ4n) is 1.15. The highest BCUT2D eigenvalue weighted by Crippen LogP contribution is 2.15. The van der Waals surface area contributed by atoms with Crippen LogP contribution in [0.15, 0.2) is 35.5 Å². The Hall–Kier alpha value is -1.84. The summed E-state index contributed by atoms with van der Waals surface area (Å²) >= 11 is 0. The Kier molecular flexibility index (Phi) is 6.59. The van der Waals surface area contributed by atoms with Crippen molar-refractivity contribution in [1.82, 2.24) is 0 Å². The lowest BCUT2D eigenvalue weighted by molar-refractivity contribution is -0.136. The van der Waals surface area contributed by atoms with Crippen LogP contribution < -0.4 is 0 Å². The first-order valence-electron chi connectivity index (χ1n) is 4.95. The van der Waals surface area contributed by atoms with Gasteiger partial charge in [-0.1, -0.05) is 24.3 Å². The van der Waals surface area contributed by atoms with Gasteiger partial charge in [-0.15, -0.1) is 0 Å². The van der Waals surface area contributed by atoms with Crippen LogP contribution in [0.2, 0.25) is 0 Å².